The predicted molar refractivity (Wildman–Crippen MR) is 118 cm³/mol. The minimum atomic E-state index is 0.927. The molecule has 0 N–H and O–H groups in total. The van der Waals surface area contributed by atoms with Crippen LogP contribution in [0.25, 0.3) is 20.2 Å². The lowest BCUT2D eigenvalue weighted by atomic mass is 9.80. The molecule has 2 heterocycles. The summed E-state index contributed by atoms with van der Waals surface area (Å²) in [5.74, 6) is 1.85. The van der Waals surface area contributed by atoms with E-state index in [1.54, 1.807) is 20.5 Å². The van der Waals surface area contributed by atoms with Crippen molar-refractivity contribution in [3.05, 3.63) is 34.0 Å². The Morgan fingerprint density at radius 3 is 1.46 bits per heavy atom. The zero-order chi connectivity index (χ0) is 17.3. The molecular weight excluding hydrogens is 352 g/mol. The molecular formula is C24H30S2. The molecule has 2 aliphatic rings. The normalized spacial score (nSPS) is 20.3. The van der Waals surface area contributed by atoms with Crippen molar-refractivity contribution in [2.75, 3.05) is 0 Å². The number of hydrogen-bond donors (Lipinski definition) is 0. The maximum atomic E-state index is 2.38. The molecule has 0 amide bonds. The Morgan fingerprint density at radius 1 is 0.615 bits per heavy atom. The van der Waals surface area contributed by atoms with Crippen molar-refractivity contribution in [2.45, 2.75) is 77.0 Å². The summed E-state index contributed by atoms with van der Waals surface area (Å²) in [4.78, 5) is 0. The monoisotopic (exact) mass is 382 g/mol. The van der Waals surface area contributed by atoms with Crippen molar-refractivity contribution < 1.29 is 0 Å². The molecule has 0 radical (unpaired) electrons. The first-order chi connectivity index (χ1) is 12.9. The van der Waals surface area contributed by atoms with E-state index in [-0.39, 0.29) is 0 Å². The first-order valence-corrected chi connectivity index (χ1v) is 12.5. The van der Waals surface area contributed by atoms with Crippen LogP contribution in [0.15, 0.2) is 22.9 Å². The Balaban J connectivity index is 1.60. The van der Waals surface area contributed by atoms with Gasteiger partial charge in [0.25, 0.3) is 0 Å². The molecule has 2 aromatic heterocycles. The average Bonchev–Trinajstić information content (AvgIpc) is 3.35. The number of rotatable bonds is 4. The highest BCUT2D eigenvalue weighted by atomic mass is 32.1. The van der Waals surface area contributed by atoms with Crippen LogP contribution in [0, 0.1) is 11.8 Å². The van der Waals surface area contributed by atoms with E-state index in [0.29, 0.717) is 0 Å². The zero-order valence-corrected chi connectivity index (χ0v) is 17.4. The van der Waals surface area contributed by atoms with Crippen molar-refractivity contribution in [1.82, 2.24) is 0 Å². The summed E-state index contributed by atoms with van der Waals surface area (Å²) in [5.41, 5.74) is 3.50. The SMILES string of the molecule is c1cc2c(s1)c(CC1CCCCC1)c(CC1CCCCC1)c1sccc12. The summed E-state index contributed by atoms with van der Waals surface area (Å²) in [6.45, 7) is 0. The van der Waals surface area contributed by atoms with Crippen molar-refractivity contribution in [3.63, 3.8) is 0 Å². The van der Waals surface area contributed by atoms with E-state index in [1.165, 1.54) is 87.8 Å². The molecule has 2 fully saturated rings. The second-order valence-electron chi connectivity index (χ2n) is 8.70. The van der Waals surface area contributed by atoms with E-state index in [9.17, 15) is 0 Å². The molecule has 26 heavy (non-hydrogen) atoms. The van der Waals surface area contributed by atoms with Crippen molar-refractivity contribution in [1.29, 1.82) is 0 Å². The molecule has 2 aliphatic carbocycles. The summed E-state index contributed by atoms with van der Waals surface area (Å²) in [5, 5.41) is 7.72. The summed E-state index contributed by atoms with van der Waals surface area (Å²) in [6.07, 6.45) is 17.3. The smallest absolute Gasteiger partial charge is 0.0384 e. The molecule has 0 nitrogen and oxygen atoms in total. The van der Waals surface area contributed by atoms with E-state index >= 15 is 0 Å². The van der Waals surface area contributed by atoms with Gasteiger partial charge in [-0.25, -0.2) is 0 Å². The van der Waals surface area contributed by atoms with Gasteiger partial charge in [0.1, 0.15) is 0 Å². The molecule has 0 saturated heterocycles. The predicted octanol–water partition coefficient (Wildman–Crippen LogP) is 8.36. The van der Waals surface area contributed by atoms with E-state index in [1.807, 2.05) is 22.7 Å². The number of fused-ring (bicyclic) bond motifs is 3. The van der Waals surface area contributed by atoms with Gasteiger partial charge in [-0.05, 0) is 58.7 Å². The summed E-state index contributed by atoms with van der Waals surface area (Å²) < 4.78 is 3.24. The Labute approximate surface area is 165 Å². The standard InChI is InChI=1S/C24H30S2/c1-3-7-17(8-4-1)15-21-22(16-18-9-5-2-6-10-18)24-20(12-14-26-24)19-11-13-25-23(19)21/h11-14,17-18H,1-10,15-16H2. The van der Waals surface area contributed by atoms with Crippen molar-refractivity contribution >= 4 is 42.8 Å². The molecule has 1 aromatic carbocycles. The van der Waals surface area contributed by atoms with Crippen LogP contribution in [-0.2, 0) is 12.8 Å². The number of hydrogen-bond acceptors (Lipinski definition) is 2. The highest BCUT2D eigenvalue weighted by molar-refractivity contribution is 7.19. The fraction of sp³-hybridized carbons (Fsp3) is 0.583. The highest BCUT2D eigenvalue weighted by Crippen LogP contribution is 2.43. The van der Waals surface area contributed by atoms with Gasteiger partial charge in [-0.3, -0.25) is 0 Å². The van der Waals surface area contributed by atoms with Crippen LogP contribution in [0.1, 0.15) is 75.3 Å². The molecule has 3 aromatic rings. The van der Waals surface area contributed by atoms with E-state index in [2.05, 4.69) is 22.9 Å². The molecule has 0 bridgehead atoms. The quantitative estimate of drug-likeness (QED) is 0.425. The molecule has 138 valence electrons. The first-order valence-electron chi connectivity index (χ1n) is 10.8. The minimum absolute atomic E-state index is 0.927. The molecule has 0 aliphatic heterocycles. The first kappa shape index (κ1) is 17.3. The molecule has 2 saturated carbocycles. The Kier molecular flexibility index (Phi) is 5.07. The number of thiophene rings is 2. The Morgan fingerprint density at radius 2 is 1.04 bits per heavy atom. The topological polar surface area (TPSA) is 0 Å². The van der Waals surface area contributed by atoms with E-state index < -0.39 is 0 Å². The van der Waals surface area contributed by atoms with Gasteiger partial charge in [0.2, 0.25) is 0 Å². The molecule has 5 rings (SSSR count). The van der Waals surface area contributed by atoms with Crippen LogP contribution in [0.2, 0.25) is 0 Å². The highest BCUT2D eigenvalue weighted by Gasteiger charge is 2.23. The number of benzene rings is 1. The zero-order valence-electron chi connectivity index (χ0n) is 15.8. The second-order valence-corrected chi connectivity index (χ2v) is 10.5. The van der Waals surface area contributed by atoms with Gasteiger partial charge in [-0.1, -0.05) is 64.2 Å². The van der Waals surface area contributed by atoms with Gasteiger partial charge in [0.15, 0.2) is 0 Å². The van der Waals surface area contributed by atoms with E-state index in [4.69, 9.17) is 0 Å². The maximum Gasteiger partial charge on any atom is 0.0384 e. The van der Waals surface area contributed by atoms with Crippen LogP contribution >= 0.6 is 22.7 Å². The summed E-state index contributed by atoms with van der Waals surface area (Å²) in [7, 11) is 0. The van der Waals surface area contributed by atoms with Gasteiger partial charge in [0.05, 0.1) is 0 Å². The fourth-order valence-electron chi connectivity index (χ4n) is 5.58. The van der Waals surface area contributed by atoms with Gasteiger partial charge in [0, 0.05) is 20.2 Å². The lowest BCUT2D eigenvalue weighted by Gasteiger charge is -2.26. The second kappa shape index (κ2) is 7.64. The van der Waals surface area contributed by atoms with Gasteiger partial charge >= 0.3 is 0 Å². The third-order valence-corrected chi connectivity index (χ3v) is 8.92. The minimum Gasteiger partial charge on any atom is -0.143 e. The molecule has 0 unspecified atom stereocenters. The van der Waals surface area contributed by atoms with E-state index in [0.717, 1.165) is 11.8 Å². The molecule has 2 heteroatoms. The van der Waals surface area contributed by atoms with Gasteiger partial charge < -0.3 is 0 Å². The lowest BCUT2D eigenvalue weighted by Crippen LogP contribution is -2.14. The van der Waals surface area contributed by atoms with Gasteiger partial charge in [-0.2, -0.15) is 0 Å². The summed E-state index contributed by atoms with van der Waals surface area (Å²) in [6, 6.07) is 4.76. The molecule has 0 spiro atoms. The Bertz CT molecular complexity index is 799. The van der Waals surface area contributed by atoms with Crippen molar-refractivity contribution in [2.24, 2.45) is 11.8 Å². The fourth-order valence-corrected chi connectivity index (χ4v) is 7.56. The third kappa shape index (κ3) is 3.24. The third-order valence-electron chi connectivity index (χ3n) is 6.97. The van der Waals surface area contributed by atoms with Crippen LogP contribution in [0.4, 0.5) is 0 Å². The average molecular weight is 383 g/mol. The molecule has 0 atom stereocenters. The van der Waals surface area contributed by atoms with Gasteiger partial charge in [-0.15, -0.1) is 22.7 Å². The lowest BCUT2D eigenvalue weighted by molar-refractivity contribution is 0.348. The summed E-state index contributed by atoms with van der Waals surface area (Å²) >= 11 is 4.00. The van der Waals surface area contributed by atoms with Crippen LogP contribution < -0.4 is 0 Å². The Hall–Kier alpha value is -0.860. The maximum absolute atomic E-state index is 2.38. The van der Waals surface area contributed by atoms with Crippen molar-refractivity contribution in [3.8, 4) is 0 Å². The van der Waals surface area contributed by atoms with Crippen LogP contribution in [-0.4, -0.2) is 0 Å². The van der Waals surface area contributed by atoms with Crippen LogP contribution in [0.5, 0.6) is 0 Å². The largest absolute Gasteiger partial charge is 0.143 e. The van der Waals surface area contributed by atoms with Crippen LogP contribution in [0.3, 0.4) is 0 Å².